The smallest absolute Gasteiger partial charge is 0.168 e. The van der Waals surface area contributed by atoms with Gasteiger partial charge in [-0.3, -0.25) is 4.79 Å². The molecule has 0 saturated carbocycles. The van der Waals surface area contributed by atoms with Crippen LogP contribution in [0.3, 0.4) is 0 Å². The van der Waals surface area contributed by atoms with Crippen molar-refractivity contribution in [2.45, 2.75) is 19.3 Å². The van der Waals surface area contributed by atoms with E-state index in [4.69, 9.17) is 4.52 Å². The average molecular weight is 242 g/mol. The van der Waals surface area contributed by atoms with Gasteiger partial charge in [-0.05, 0) is 17.7 Å². The molecule has 0 aliphatic heterocycles. The van der Waals surface area contributed by atoms with Crippen LogP contribution in [0.5, 0.6) is 0 Å². The first-order chi connectivity index (χ1) is 8.81. The number of carbonyl (C=O) groups excluding carboxylic acids is 1. The van der Waals surface area contributed by atoms with Gasteiger partial charge in [-0.2, -0.15) is 0 Å². The first-order valence-corrected chi connectivity index (χ1v) is 5.76. The van der Waals surface area contributed by atoms with E-state index in [0.29, 0.717) is 35.4 Å². The van der Waals surface area contributed by atoms with Crippen LogP contribution in [-0.4, -0.2) is 10.9 Å². The average Bonchev–Trinajstić information content (AvgIpc) is 2.84. The maximum Gasteiger partial charge on any atom is 0.168 e. The molecule has 0 fully saturated rings. The molecule has 0 atom stereocenters. The lowest BCUT2D eigenvalue weighted by atomic mass is 9.92. The van der Waals surface area contributed by atoms with Crippen LogP contribution in [0.1, 0.15) is 29.0 Å². The summed E-state index contributed by atoms with van der Waals surface area (Å²) in [6, 6.07) is 6.81. The van der Waals surface area contributed by atoms with E-state index in [2.05, 4.69) is 10.3 Å². The molecule has 0 radical (unpaired) electrons. The van der Waals surface area contributed by atoms with Gasteiger partial charge in [-0.15, -0.1) is 4.91 Å². The van der Waals surface area contributed by atoms with Gasteiger partial charge in [0.2, 0.25) is 0 Å². The third-order valence-electron chi connectivity index (χ3n) is 3.11. The van der Waals surface area contributed by atoms with Crippen molar-refractivity contribution in [2.75, 3.05) is 0 Å². The second-order valence-electron chi connectivity index (χ2n) is 4.21. The molecular formula is C13H10N2O3. The highest BCUT2D eigenvalue weighted by Crippen LogP contribution is 2.35. The van der Waals surface area contributed by atoms with Gasteiger partial charge in [0.25, 0.3) is 0 Å². The standard InChI is InChI=1S/C13H10N2O3/c16-10-6-3-7-11-12(10)13(15-18-11)8-4-1-2-5-9(8)14-17/h1-2,4-5H,3,6-7H2. The fourth-order valence-electron chi connectivity index (χ4n) is 2.25. The number of benzene rings is 1. The molecule has 0 amide bonds. The maximum absolute atomic E-state index is 11.9. The number of Topliss-reactive ketones (excluding diaryl/α,β-unsaturated/α-hetero) is 1. The van der Waals surface area contributed by atoms with E-state index in [-0.39, 0.29) is 11.5 Å². The van der Waals surface area contributed by atoms with Crippen molar-refractivity contribution >= 4 is 11.5 Å². The monoisotopic (exact) mass is 242 g/mol. The summed E-state index contributed by atoms with van der Waals surface area (Å²) < 4.78 is 5.20. The summed E-state index contributed by atoms with van der Waals surface area (Å²) in [5, 5.41) is 6.89. The molecule has 2 aromatic rings. The van der Waals surface area contributed by atoms with Crippen LogP contribution < -0.4 is 0 Å². The first-order valence-electron chi connectivity index (χ1n) is 5.76. The predicted molar refractivity (Wildman–Crippen MR) is 64.7 cm³/mol. The number of hydrogen-bond donors (Lipinski definition) is 0. The largest absolute Gasteiger partial charge is 0.360 e. The Morgan fingerprint density at radius 1 is 1.22 bits per heavy atom. The van der Waals surface area contributed by atoms with Crippen LogP contribution in [0.4, 0.5) is 5.69 Å². The van der Waals surface area contributed by atoms with Gasteiger partial charge >= 0.3 is 0 Å². The first kappa shape index (κ1) is 10.8. The van der Waals surface area contributed by atoms with Crippen molar-refractivity contribution in [3.05, 3.63) is 40.5 Å². The number of nitroso groups, excluding NO2 is 1. The zero-order chi connectivity index (χ0) is 12.5. The molecule has 5 heteroatoms. The van der Waals surface area contributed by atoms with Crippen LogP contribution in [0.2, 0.25) is 0 Å². The normalized spacial score (nSPS) is 14.3. The Kier molecular flexibility index (Phi) is 2.51. The Morgan fingerprint density at radius 2 is 2.06 bits per heavy atom. The zero-order valence-electron chi connectivity index (χ0n) is 9.55. The van der Waals surface area contributed by atoms with Gasteiger partial charge < -0.3 is 4.52 Å². The quantitative estimate of drug-likeness (QED) is 0.757. The molecule has 0 bridgehead atoms. The molecular weight excluding hydrogens is 232 g/mol. The van der Waals surface area contributed by atoms with Crippen molar-refractivity contribution < 1.29 is 9.32 Å². The zero-order valence-corrected chi connectivity index (χ0v) is 9.55. The highest BCUT2D eigenvalue weighted by molar-refractivity contribution is 6.04. The van der Waals surface area contributed by atoms with E-state index in [1.54, 1.807) is 24.3 Å². The Hall–Kier alpha value is -2.30. The lowest BCUT2D eigenvalue weighted by molar-refractivity contribution is 0.0969. The summed E-state index contributed by atoms with van der Waals surface area (Å²) in [6.07, 6.45) is 2.00. The van der Waals surface area contributed by atoms with Crippen LogP contribution in [0.15, 0.2) is 34.0 Å². The third-order valence-corrected chi connectivity index (χ3v) is 3.11. The second kappa shape index (κ2) is 4.18. The van der Waals surface area contributed by atoms with Crippen molar-refractivity contribution in [2.24, 2.45) is 5.18 Å². The van der Waals surface area contributed by atoms with Crippen LogP contribution in [0.25, 0.3) is 11.3 Å². The minimum absolute atomic E-state index is 0.0215. The van der Waals surface area contributed by atoms with Crippen molar-refractivity contribution in [3.63, 3.8) is 0 Å². The summed E-state index contributed by atoms with van der Waals surface area (Å²) >= 11 is 0. The molecule has 1 heterocycles. The maximum atomic E-state index is 11.9. The molecule has 0 saturated heterocycles. The molecule has 90 valence electrons. The molecule has 18 heavy (non-hydrogen) atoms. The van der Waals surface area contributed by atoms with Crippen LogP contribution >= 0.6 is 0 Å². The van der Waals surface area contributed by atoms with E-state index in [1.807, 2.05) is 0 Å². The minimum atomic E-state index is 0.0215. The number of fused-ring (bicyclic) bond motifs is 1. The SMILES string of the molecule is O=Nc1ccccc1-c1noc2c1C(=O)CCC2. The van der Waals surface area contributed by atoms with E-state index in [9.17, 15) is 9.70 Å². The number of hydrogen-bond acceptors (Lipinski definition) is 5. The summed E-state index contributed by atoms with van der Waals surface area (Å²) in [5.74, 6) is 0.634. The number of nitrogens with zero attached hydrogens (tertiary/aromatic N) is 2. The van der Waals surface area contributed by atoms with E-state index < -0.39 is 0 Å². The van der Waals surface area contributed by atoms with Crippen LogP contribution in [0, 0.1) is 4.91 Å². The fraction of sp³-hybridized carbons (Fsp3) is 0.231. The van der Waals surface area contributed by atoms with Gasteiger partial charge in [0, 0.05) is 18.4 Å². The molecule has 5 nitrogen and oxygen atoms in total. The molecule has 0 spiro atoms. The second-order valence-corrected chi connectivity index (χ2v) is 4.21. The number of carbonyl (C=O) groups is 1. The van der Waals surface area contributed by atoms with E-state index in [1.165, 1.54) is 0 Å². The third kappa shape index (κ3) is 1.55. The highest BCUT2D eigenvalue weighted by Gasteiger charge is 2.28. The lowest BCUT2D eigenvalue weighted by Gasteiger charge is -2.08. The van der Waals surface area contributed by atoms with Gasteiger partial charge in [0.15, 0.2) is 5.78 Å². The Bertz CT molecular complexity index is 631. The van der Waals surface area contributed by atoms with Gasteiger partial charge in [0.1, 0.15) is 17.1 Å². The molecule has 0 N–H and O–H groups in total. The van der Waals surface area contributed by atoms with Crippen molar-refractivity contribution in [1.82, 2.24) is 5.16 Å². The summed E-state index contributed by atoms with van der Waals surface area (Å²) in [6.45, 7) is 0. The fourth-order valence-corrected chi connectivity index (χ4v) is 2.25. The topological polar surface area (TPSA) is 72.5 Å². The molecule has 1 aliphatic rings. The van der Waals surface area contributed by atoms with E-state index >= 15 is 0 Å². The number of ketones is 1. The Morgan fingerprint density at radius 3 is 2.89 bits per heavy atom. The van der Waals surface area contributed by atoms with Gasteiger partial charge in [-0.25, -0.2) is 0 Å². The predicted octanol–water partition coefficient (Wildman–Crippen LogP) is 3.26. The van der Waals surface area contributed by atoms with Crippen molar-refractivity contribution in [1.29, 1.82) is 0 Å². The molecule has 3 rings (SSSR count). The Balaban J connectivity index is 2.21. The number of aryl methyl sites for hydroxylation is 1. The summed E-state index contributed by atoms with van der Waals surface area (Å²) in [4.78, 5) is 22.7. The van der Waals surface area contributed by atoms with Gasteiger partial charge in [-0.1, -0.05) is 23.4 Å². The van der Waals surface area contributed by atoms with E-state index in [0.717, 1.165) is 6.42 Å². The molecule has 1 aromatic carbocycles. The minimum Gasteiger partial charge on any atom is -0.360 e. The number of rotatable bonds is 2. The van der Waals surface area contributed by atoms with Crippen LogP contribution in [-0.2, 0) is 6.42 Å². The van der Waals surface area contributed by atoms with Crippen molar-refractivity contribution in [3.8, 4) is 11.3 Å². The highest BCUT2D eigenvalue weighted by atomic mass is 16.5. The summed E-state index contributed by atoms with van der Waals surface area (Å²) in [5.41, 5.74) is 1.77. The Labute approximate surface area is 103 Å². The number of aromatic nitrogens is 1. The molecule has 0 unspecified atom stereocenters. The summed E-state index contributed by atoms with van der Waals surface area (Å²) in [7, 11) is 0. The van der Waals surface area contributed by atoms with Gasteiger partial charge in [0.05, 0.1) is 5.56 Å². The lowest BCUT2D eigenvalue weighted by Crippen LogP contribution is -2.09. The molecule has 1 aromatic heterocycles. The molecule has 1 aliphatic carbocycles.